The second-order valence-electron chi connectivity index (χ2n) is 5.97. The number of hydrogen-bond acceptors (Lipinski definition) is 4. The minimum absolute atomic E-state index is 0.204. The molecule has 104 valence electrons. The van der Waals surface area contributed by atoms with E-state index < -0.39 is 23.2 Å². The van der Waals surface area contributed by atoms with Crippen LogP contribution in [0.5, 0.6) is 0 Å². The topological polar surface area (TPSA) is 92.9 Å². The quantitative estimate of drug-likeness (QED) is 0.737. The zero-order valence-electron chi connectivity index (χ0n) is 11.4. The van der Waals surface area contributed by atoms with E-state index in [1.165, 1.54) is 11.8 Å². The van der Waals surface area contributed by atoms with Gasteiger partial charge >= 0.3 is 12.1 Å². The van der Waals surface area contributed by atoms with Crippen LogP contribution < -0.4 is 5.73 Å². The highest BCUT2D eigenvalue weighted by Gasteiger charge is 2.47. The molecule has 0 aromatic heterocycles. The SMILES string of the molecule is CC(C)(C)OC(=O)N1C[C@H](N)CC[C@@]1(C)C(=O)O. The van der Waals surface area contributed by atoms with Gasteiger partial charge in [0.1, 0.15) is 11.1 Å². The highest BCUT2D eigenvalue weighted by atomic mass is 16.6. The van der Waals surface area contributed by atoms with E-state index in [4.69, 9.17) is 10.5 Å². The largest absolute Gasteiger partial charge is 0.480 e. The Labute approximate surface area is 107 Å². The summed E-state index contributed by atoms with van der Waals surface area (Å²) in [4.78, 5) is 24.7. The molecule has 0 radical (unpaired) electrons. The van der Waals surface area contributed by atoms with Crippen molar-refractivity contribution in [2.24, 2.45) is 5.73 Å². The van der Waals surface area contributed by atoms with Gasteiger partial charge in [-0.25, -0.2) is 9.59 Å². The molecule has 1 fully saturated rings. The van der Waals surface area contributed by atoms with Crippen LogP contribution in [0.2, 0.25) is 0 Å². The minimum Gasteiger partial charge on any atom is -0.480 e. The van der Waals surface area contributed by atoms with Gasteiger partial charge < -0.3 is 15.6 Å². The normalized spacial score (nSPS) is 28.9. The second kappa shape index (κ2) is 4.76. The number of ether oxygens (including phenoxy) is 1. The number of carboxylic acids is 1. The molecule has 6 nitrogen and oxygen atoms in total. The smallest absolute Gasteiger partial charge is 0.411 e. The van der Waals surface area contributed by atoms with Crippen LogP contribution >= 0.6 is 0 Å². The first-order valence-corrected chi connectivity index (χ1v) is 6.06. The fraction of sp³-hybridized carbons (Fsp3) is 0.833. The third-order valence-corrected chi connectivity index (χ3v) is 3.09. The van der Waals surface area contributed by atoms with Crippen molar-refractivity contribution in [2.45, 2.75) is 57.7 Å². The number of carbonyl (C=O) groups is 2. The van der Waals surface area contributed by atoms with Crippen molar-refractivity contribution >= 4 is 12.1 Å². The average molecular weight is 258 g/mol. The summed E-state index contributed by atoms with van der Waals surface area (Å²) in [6.07, 6.45) is 0.299. The summed E-state index contributed by atoms with van der Waals surface area (Å²) in [5, 5.41) is 9.31. The molecule has 1 aliphatic heterocycles. The Morgan fingerprint density at radius 2 is 2.00 bits per heavy atom. The number of carboxylic acid groups (broad SMARTS) is 1. The van der Waals surface area contributed by atoms with Gasteiger partial charge in [0.25, 0.3) is 0 Å². The molecule has 0 aliphatic carbocycles. The van der Waals surface area contributed by atoms with E-state index in [0.29, 0.717) is 12.8 Å². The molecule has 1 heterocycles. The van der Waals surface area contributed by atoms with Gasteiger partial charge in [-0.2, -0.15) is 0 Å². The van der Waals surface area contributed by atoms with E-state index in [1.807, 2.05) is 0 Å². The summed E-state index contributed by atoms with van der Waals surface area (Å²) in [5.74, 6) is -1.03. The van der Waals surface area contributed by atoms with Crippen molar-refractivity contribution in [1.82, 2.24) is 4.90 Å². The zero-order valence-corrected chi connectivity index (χ0v) is 11.4. The molecule has 18 heavy (non-hydrogen) atoms. The number of piperidine rings is 1. The van der Waals surface area contributed by atoms with E-state index in [2.05, 4.69) is 0 Å². The van der Waals surface area contributed by atoms with Crippen LogP contribution in [0.25, 0.3) is 0 Å². The third-order valence-electron chi connectivity index (χ3n) is 3.09. The Kier molecular flexibility index (Phi) is 3.90. The molecule has 1 rings (SSSR count). The molecular weight excluding hydrogens is 236 g/mol. The third kappa shape index (κ3) is 3.13. The fourth-order valence-electron chi connectivity index (χ4n) is 1.94. The number of rotatable bonds is 1. The number of aliphatic carboxylic acids is 1. The first-order chi connectivity index (χ1) is 8.06. The van der Waals surface area contributed by atoms with Gasteiger partial charge in [0.15, 0.2) is 0 Å². The monoisotopic (exact) mass is 258 g/mol. The van der Waals surface area contributed by atoms with E-state index in [0.717, 1.165) is 0 Å². The van der Waals surface area contributed by atoms with E-state index in [1.54, 1.807) is 20.8 Å². The van der Waals surface area contributed by atoms with Crippen molar-refractivity contribution in [3.05, 3.63) is 0 Å². The lowest BCUT2D eigenvalue weighted by atomic mass is 9.87. The van der Waals surface area contributed by atoms with Crippen molar-refractivity contribution in [1.29, 1.82) is 0 Å². The summed E-state index contributed by atoms with van der Waals surface area (Å²) in [5.41, 5.74) is 3.91. The van der Waals surface area contributed by atoms with Crippen molar-refractivity contribution in [2.75, 3.05) is 6.54 Å². The predicted molar refractivity (Wildman–Crippen MR) is 66.2 cm³/mol. The standard InChI is InChI=1S/C12H22N2O4/c1-11(2,3)18-10(17)14-7-8(13)5-6-12(14,4)9(15)16/h8H,5-7,13H2,1-4H3,(H,15,16)/t8-,12+/m1/s1. The maximum atomic E-state index is 12.1. The van der Waals surface area contributed by atoms with Crippen LogP contribution in [0.3, 0.4) is 0 Å². The number of amides is 1. The van der Waals surface area contributed by atoms with Gasteiger partial charge in [0.05, 0.1) is 0 Å². The van der Waals surface area contributed by atoms with E-state index in [9.17, 15) is 14.7 Å². The second-order valence-corrected chi connectivity index (χ2v) is 5.97. The lowest BCUT2D eigenvalue weighted by molar-refractivity contribution is -0.152. The van der Waals surface area contributed by atoms with Gasteiger partial charge in [0.2, 0.25) is 0 Å². The van der Waals surface area contributed by atoms with Crippen LogP contribution in [0.4, 0.5) is 4.79 Å². The Morgan fingerprint density at radius 1 is 1.44 bits per heavy atom. The van der Waals surface area contributed by atoms with Crippen LogP contribution in [-0.4, -0.2) is 45.8 Å². The molecule has 0 unspecified atom stereocenters. The first kappa shape index (κ1) is 14.8. The van der Waals surface area contributed by atoms with Crippen LogP contribution in [0, 0.1) is 0 Å². The number of hydrogen-bond donors (Lipinski definition) is 2. The van der Waals surface area contributed by atoms with Crippen molar-refractivity contribution in [3.63, 3.8) is 0 Å². The maximum absolute atomic E-state index is 12.1. The van der Waals surface area contributed by atoms with Crippen molar-refractivity contribution < 1.29 is 19.4 Å². The Hall–Kier alpha value is -1.30. The molecular formula is C12H22N2O4. The molecule has 2 atom stereocenters. The number of nitrogens with zero attached hydrogens (tertiary/aromatic N) is 1. The van der Waals surface area contributed by atoms with Crippen molar-refractivity contribution in [3.8, 4) is 0 Å². The molecule has 0 saturated carbocycles. The molecule has 3 N–H and O–H groups in total. The molecule has 1 saturated heterocycles. The molecule has 0 bridgehead atoms. The van der Waals surface area contributed by atoms with Gasteiger partial charge in [-0.3, -0.25) is 4.90 Å². The molecule has 0 aromatic carbocycles. The summed E-state index contributed by atoms with van der Waals surface area (Å²) in [6, 6.07) is -0.204. The van der Waals surface area contributed by atoms with Gasteiger partial charge in [-0.1, -0.05) is 0 Å². The van der Waals surface area contributed by atoms with E-state index in [-0.39, 0.29) is 12.6 Å². The molecule has 6 heteroatoms. The summed E-state index contributed by atoms with van der Waals surface area (Å²) in [7, 11) is 0. The maximum Gasteiger partial charge on any atom is 0.411 e. The van der Waals surface area contributed by atoms with Crippen LogP contribution in [0.15, 0.2) is 0 Å². The molecule has 0 spiro atoms. The first-order valence-electron chi connectivity index (χ1n) is 6.06. The lowest BCUT2D eigenvalue weighted by Gasteiger charge is -2.43. The molecule has 1 amide bonds. The van der Waals surface area contributed by atoms with Gasteiger partial charge in [-0.15, -0.1) is 0 Å². The van der Waals surface area contributed by atoms with Gasteiger partial charge in [0, 0.05) is 12.6 Å². The fourth-order valence-corrected chi connectivity index (χ4v) is 1.94. The Morgan fingerprint density at radius 3 is 2.44 bits per heavy atom. The number of nitrogens with two attached hydrogens (primary N) is 1. The van der Waals surface area contributed by atoms with Crippen LogP contribution in [0.1, 0.15) is 40.5 Å². The molecule has 0 aromatic rings. The van der Waals surface area contributed by atoms with E-state index >= 15 is 0 Å². The molecule has 1 aliphatic rings. The average Bonchev–Trinajstić information content (AvgIpc) is 2.18. The highest BCUT2D eigenvalue weighted by Crippen LogP contribution is 2.29. The predicted octanol–water partition coefficient (Wildman–Crippen LogP) is 1.19. The number of likely N-dealkylation sites (tertiary alicyclic amines) is 1. The summed E-state index contributed by atoms with van der Waals surface area (Å²) in [6.45, 7) is 6.97. The van der Waals surface area contributed by atoms with Crippen LogP contribution in [-0.2, 0) is 9.53 Å². The lowest BCUT2D eigenvalue weighted by Crippen LogP contribution is -2.62. The Balaban J connectivity index is 2.93. The Bertz CT molecular complexity index is 350. The highest BCUT2D eigenvalue weighted by molar-refractivity contribution is 5.84. The zero-order chi connectivity index (χ0) is 14.1. The summed E-state index contributed by atoms with van der Waals surface area (Å²) < 4.78 is 5.24. The number of carbonyl (C=O) groups excluding carboxylic acids is 1. The summed E-state index contributed by atoms with van der Waals surface area (Å²) >= 11 is 0. The van der Waals surface area contributed by atoms with Gasteiger partial charge in [-0.05, 0) is 40.5 Å². The minimum atomic E-state index is -1.24.